The van der Waals surface area contributed by atoms with Crippen molar-refractivity contribution in [2.75, 3.05) is 5.32 Å². The second-order valence-corrected chi connectivity index (χ2v) is 2.88. The zero-order chi connectivity index (χ0) is 10.7. The molecular weight excluding hydrogens is 194 g/mol. The van der Waals surface area contributed by atoms with E-state index in [2.05, 4.69) is 20.5 Å². The average molecular weight is 203 g/mol. The summed E-state index contributed by atoms with van der Waals surface area (Å²) in [5, 5.41) is 9.36. The number of hydrogen-bond acceptors (Lipinski definition) is 4. The number of nitrogens with two attached hydrogens (primary N) is 1. The van der Waals surface area contributed by atoms with E-state index in [9.17, 15) is 4.79 Å². The summed E-state index contributed by atoms with van der Waals surface area (Å²) < 4.78 is 0. The molecule has 76 valence electrons. The van der Waals surface area contributed by atoms with Gasteiger partial charge in [-0.05, 0) is 12.1 Å². The number of nitrogens with one attached hydrogen (secondary N) is 2. The minimum absolute atomic E-state index is 0.326. The van der Waals surface area contributed by atoms with Crippen LogP contribution < -0.4 is 11.1 Å². The first-order valence-corrected chi connectivity index (χ1v) is 4.27. The van der Waals surface area contributed by atoms with E-state index in [-0.39, 0.29) is 0 Å². The van der Waals surface area contributed by atoms with Gasteiger partial charge in [0.25, 0.3) is 5.91 Å². The molecule has 0 aliphatic heterocycles. The van der Waals surface area contributed by atoms with E-state index in [4.69, 9.17) is 5.73 Å². The summed E-state index contributed by atoms with van der Waals surface area (Å²) in [4.78, 5) is 14.9. The lowest BCUT2D eigenvalue weighted by Gasteiger charge is -2.03. The van der Waals surface area contributed by atoms with Crippen LogP contribution in [0.3, 0.4) is 0 Å². The number of amides is 1. The molecule has 6 nitrogen and oxygen atoms in total. The van der Waals surface area contributed by atoms with Gasteiger partial charge >= 0.3 is 0 Å². The minimum atomic E-state index is -0.527. The van der Waals surface area contributed by atoms with Gasteiger partial charge in [0.1, 0.15) is 11.4 Å². The molecule has 1 amide bonds. The molecule has 4 N–H and O–H groups in total. The minimum Gasteiger partial charge on any atom is -0.365 e. The number of rotatable bonds is 3. The summed E-state index contributed by atoms with van der Waals surface area (Å²) in [6, 6.07) is 3.54. The van der Waals surface area contributed by atoms with Crippen molar-refractivity contribution >= 4 is 17.4 Å². The van der Waals surface area contributed by atoms with E-state index in [1.54, 1.807) is 24.5 Å². The maximum absolute atomic E-state index is 11.0. The molecule has 0 saturated heterocycles. The fourth-order valence-electron chi connectivity index (χ4n) is 1.15. The number of primary amides is 1. The number of H-pyrrole nitrogens is 1. The monoisotopic (exact) mass is 203 g/mol. The summed E-state index contributed by atoms with van der Waals surface area (Å²) in [5.74, 6) is -0.0472. The van der Waals surface area contributed by atoms with Crippen molar-refractivity contribution < 1.29 is 4.79 Å². The number of aromatic nitrogens is 3. The first-order valence-electron chi connectivity index (χ1n) is 4.27. The average Bonchev–Trinajstić information content (AvgIpc) is 2.67. The smallest absolute Gasteiger partial charge is 0.254 e. The Balaban J connectivity index is 2.25. The molecule has 0 atom stereocenters. The van der Waals surface area contributed by atoms with E-state index < -0.39 is 5.91 Å². The maximum Gasteiger partial charge on any atom is 0.254 e. The third kappa shape index (κ3) is 1.93. The zero-order valence-electron chi connectivity index (χ0n) is 7.77. The number of nitrogens with zero attached hydrogens (tertiary/aromatic N) is 2. The number of anilines is 2. The number of hydrogen-bond donors (Lipinski definition) is 3. The second kappa shape index (κ2) is 3.79. The number of aromatic amines is 1. The fourth-order valence-corrected chi connectivity index (χ4v) is 1.15. The van der Waals surface area contributed by atoms with Crippen LogP contribution in [0, 0.1) is 0 Å². The molecule has 0 fully saturated rings. The summed E-state index contributed by atoms with van der Waals surface area (Å²) in [7, 11) is 0. The molecule has 0 unspecified atom stereocenters. The van der Waals surface area contributed by atoms with Crippen LogP contribution in [-0.4, -0.2) is 21.1 Å². The molecule has 0 aliphatic rings. The highest BCUT2D eigenvalue weighted by atomic mass is 16.1. The number of carbonyl (C=O) groups is 1. The van der Waals surface area contributed by atoms with Crippen molar-refractivity contribution in [1.82, 2.24) is 15.2 Å². The zero-order valence-corrected chi connectivity index (χ0v) is 7.77. The Morgan fingerprint density at radius 1 is 1.40 bits per heavy atom. The van der Waals surface area contributed by atoms with Gasteiger partial charge in [-0.2, -0.15) is 5.10 Å². The lowest BCUT2D eigenvalue weighted by molar-refractivity contribution is 0.100. The predicted molar refractivity (Wildman–Crippen MR) is 54.6 cm³/mol. The van der Waals surface area contributed by atoms with Crippen LogP contribution >= 0.6 is 0 Å². The molecule has 6 heteroatoms. The standard InChI is InChI=1S/C9H9N5O/c10-8(15)7-5-12-14-9(7)13-6-1-3-11-4-2-6/h1-5H,(H2,10,15)(H2,11,12,13,14). The fraction of sp³-hybridized carbons (Fsp3) is 0. The largest absolute Gasteiger partial charge is 0.365 e. The molecule has 0 bridgehead atoms. The van der Waals surface area contributed by atoms with E-state index in [0.717, 1.165) is 5.69 Å². The van der Waals surface area contributed by atoms with E-state index >= 15 is 0 Å². The first-order chi connectivity index (χ1) is 7.27. The van der Waals surface area contributed by atoms with Gasteiger partial charge in [0.2, 0.25) is 0 Å². The van der Waals surface area contributed by atoms with Gasteiger partial charge in [-0.3, -0.25) is 14.9 Å². The van der Waals surface area contributed by atoms with Gasteiger partial charge in [-0.1, -0.05) is 0 Å². The van der Waals surface area contributed by atoms with Crippen LogP contribution in [0.4, 0.5) is 11.5 Å². The van der Waals surface area contributed by atoms with Gasteiger partial charge < -0.3 is 11.1 Å². The van der Waals surface area contributed by atoms with Crippen molar-refractivity contribution in [3.05, 3.63) is 36.3 Å². The van der Waals surface area contributed by atoms with Crippen molar-refractivity contribution in [2.45, 2.75) is 0 Å². The SMILES string of the molecule is NC(=O)c1cn[nH]c1Nc1ccncc1. The molecule has 0 radical (unpaired) electrons. The molecule has 2 aromatic rings. The van der Waals surface area contributed by atoms with E-state index in [1.807, 2.05) is 0 Å². The Labute approximate surface area is 85.5 Å². The molecule has 0 spiro atoms. The first kappa shape index (κ1) is 9.20. The van der Waals surface area contributed by atoms with Crippen LogP contribution in [0.2, 0.25) is 0 Å². The van der Waals surface area contributed by atoms with Crippen molar-refractivity contribution in [2.24, 2.45) is 5.73 Å². The lowest BCUT2D eigenvalue weighted by atomic mass is 10.3. The van der Waals surface area contributed by atoms with Gasteiger partial charge in [0.05, 0.1) is 6.20 Å². The van der Waals surface area contributed by atoms with Crippen molar-refractivity contribution in [1.29, 1.82) is 0 Å². The summed E-state index contributed by atoms with van der Waals surface area (Å²) in [6.45, 7) is 0. The molecule has 2 rings (SSSR count). The van der Waals surface area contributed by atoms with Gasteiger partial charge in [-0.15, -0.1) is 0 Å². The van der Waals surface area contributed by atoms with Gasteiger partial charge in [-0.25, -0.2) is 0 Å². The summed E-state index contributed by atoms with van der Waals surface area (Å²) in [6.07, 6.45) is 4.66. The third-order valence-electron chi connectivity index (χ3n) is 1.85. The van der Waals surface area contributed by atoms with Crippen LogP contribution in [0.25, 0.3) is 0 Å². The topological polar surface area (TPSA) is 96.7 Å². The Morgan fingerprint density at radius 2 is 2.13 bits per heavy atom. The van der Waals surface area contributed by atoms with Crippen LogP contribution in [0.1, 0.15) is 10.4 Å². The van der Waals surface area contributed by atoms with Gasteiger partial charge in [0.15, 0.2) is 0 Å². The molecule has 0 aliphatic carbocycles. The molecular formula is C9H9N5O. The highest BCUT2D eigenvalue weighted by Crippen LogP contribution is 2.16. The molecule has 2 heterocycles. The predicted octanol–water partition coefficient (Wildman–Crippen LogP) is 0.647. The highest BCUT2D eigenvalue weighted by Gasteiger charge is 2.09. The summed E-state index contributed by atoms with van der Waals surface area (Å²) >= 11 is 0. The van der Waals surface area contributed by atoms with E-state index in [0.29, 0.717) is 11.4 Å². The molecule has 0 saturated carbocycles. The Hall–Kier alpha value is -2.37. The van der Waals surface area contributed by atoms with Crippen molar-refractivity contribution in [3.8, 4) is 0 Å². The van der Waals surface area contributed by atoms with Crippen LogP contribution in [-0.2, 0) is 0 Å². The molecule has 0 aromatic carbocycles. The summed E-state index contributed by atoms with van der Waals surface area (Å²) in [5.41, 5.74) is 6.29. The molecule has 2 aromatic heterocycles. The lowest BCUT2D eigenvalue weighted by Crippen LogP contribution is -2.11. The Bertz CT molecular complexity index is 464. The Morgan fingerprint density at radius 3 is 2.80 bits per heavy atom. The number of pyridine rings is 1. The van der Waals surface area contributed by atoms with Crippen LogP contribution in [0.5, 0.6) is 0 Å². The van der Waals surface area contributed by atoms with Gasteiger partial charge in [0, 0.05) is 18.1 Å². The van der Waals surface area contributed by atoms with Crippen LogP contribution in [0.15, 0.2) is 30.7 Å². The normalized spacial score (nSPS) is 9.87. The maximum atomic E-state index is 11.0. The van der Waals surface area contributed by atoms with E-state index in [1.165, 1.54) is 6.20 Å². The third-order valence-corrected chi connectivity index (χ3v) is 1.85. The Kier molecular flexibility index (Phi) is 2.32. The molecule has 15 heavy (non-hydrogen) atoms. The number of carbonyl (C=O) groups excluding carboxylic acids is 1. The quantitative estimate of drug-likeness (QED) is 0.682. The highest BCUT2D eigenvalue weighted by molar-refractivity contribution is 5.97. The van der Waals surface area contributed by atoms with Crippen molar-refractivity contribution in [3.63, 3.8) is 0 Å². The second-order valence-electron chi connectivity index (χ2n) is 2.88.